The number of para-hydroxylation sites is 1. The number of nitriles is 1. The number of nitrogens with zero attached hydrogens (tertiary/aromatic N) is 6. The monoisotopic (exact) mass is 424 g/mol. The summed E-state index contributed by atoms with van der Waals surface area (Å²) in [5.41, 5.74) is 0.417. The van der Waals surface area contributed by atoms with Crippen molar-refractivity contribution in [2.75, 3.05) is 0 Å². The molecule has 30 heavy (non-hydrogen) atoms. The highest BCUT2D eigenvalue weighted by atomic mass is 35.5. The van der Waals surface area contributed by atoms with Crippen molar-refractivity contribution < 1.29 is 4.79 Å². The summed E-state index contributed by atoms with van der Waals surface area (Å²) >= 11 is 6.23. The molecule has 9 nitrogen and oxygen atoms in total. The number of carbonyl (C=O) groups is 1. The third-order valence-electron chi connectivity index (χ3n) is 5.16. The van der Waals surface area contributed by atoms with Crippen LogP contribution >= 0.6 is 11.6 Å². The summed E-state index contributed by atoms with van der Waals surface area (Å²) in [6.07, 6.45) is 2.03. The summed E-state index contributed by atoms with van der Waals surface area (Å²) in [4.78, 5) is 42.1. The van der Waals surface area contributed by atoms with E-state index in [1.165, 1.54) is 23.2 Å². The number of rotatable bonds is 5. The molecule has 0 saturated carbocycles. The largest absolute Gasteiger partial charge is 0.346 e. The van der Waals surface area contributed by atoms with Crippen LogP contribution < -0.4 is 11.2 Å². The van der Waals surface area contributed by atoms with Crippen LogP contribution in [0.5, 0.6) is 0 Å². The van der Waals surface area contributed by atoms with Gasteiger partial charge in [-0.1, -0.05) is 18.2 Å². The fourth-order valence-corrected chi connectivity index (χ4v) is 3.84. The topological polar surface area (TPSA) is 108 Å². The summed E-state index contributed by atoms with van der Waals surface area (Å²) in [5.74, 6) is -0.265. The number of hydrogen-bond donors (Lipinski definition) is 0. The lowest BCUT2D eigenvalue weighted by Gasteiger charge is -2.06. The van der Waals surface area contributed by atoms with E-state index in [-0.39, 0.29) is 28.8 Å². The lowest BCUT2D eigenvalue weighted by atomic mass is 10.1. The third-order valence-corrected chi connectivity index (χ3v) is 5.45. The molecule has 4 aromatic rings. The van der Waals surface area contributed by atoms with Crippen molar-refractivity contribution >= 4 is 39.5 Å². The minimum atomic E-state index is -0.572. The standard InChI is InChI=1S/C20H17ClN6O3/c1-24-17-16(18(29)25(2)20(24)30)27(19(21)23-17)11-15(28)13-10-26(9-5-8-22)14-7-4-3-6-12(13)14/h3-4,6-7,10H,5,9,11H2,1-2H3. The molecule has 0 N–H and O–H groups in total. The van der Waals surface area contributed by atoms with Gasteiger partial charge in [-0.05, 0) is 17.7 Å². The Morgan fingerprint density at radius 1 is 1.20 bits per heavy atom. The summed E-state index contributed by atoms with van der Waals surface area (Å²) in [6, 6.07) is 9.52. The van der Waals surface area contributed by atoms with Crippen LogP contribution in [0.3, 0.4) is 0 Å². The number of aryl methyl sites for hydroxylation is 2. The normalized spacial score (nSPS) is 11.3. The van der Waals surface area contributed by atoms with Gasteiger partial charge in [0.1, 0.15) is 0 Å². The smallest absolute Gasteiger partial charge is 0.332 e. The van der Waals surface area contributed by atoms with Crippen LogP contribution in [0.15, 0.2) is 40.1 Å². The van der Waals surface area contributed by atoms with Gasteiger partial charge in [0.05, 0.1) is 19.0 Å². The van der Waals surface area contributed by atoms with Crippen molar-refractivity contribution in [2.45, 2.75) is 19.5 Å². The highest BCUT2D eigenvalue weighted by molar-refractivity contribution is 6.29. The molecule has 0 saturated heterocycles. The zero-order valence-corrected chi connectivity index (χ0v) is 17.0. The molecule has 0 atom stereocenters. The maximum atomic E-state index is 13.2. The lowest BCUT2D eigenvalue weighted by molar-refractivity contribution is 0.0974. The van der Waals surface area contributed by atoms with Crippen molar-refractivity contribution in [1.82, 2.24) is 23.3 Å². The van der Waals surface area contributed by atoms with Gasteiger partial charge in [0, 0.05) is 43.3 Å². The summed E-state index contributed by atoms with van der Waals surface area (Å²) in [7, 11) is 2.85. The highest BCUT2D eigenvalue weighted by Gasteiger charge is 2.22. The van der Waals surface area contributed by atoms with Gasteiger partial charge in [-0.2, -0.15) is 10.2 Å². The number of Topliss-reactive ketones (excluding diaryl/α,β-unsaturated/α-hetero) is 1. The molecule has 3 aromatic heterocycles. The molecule has 1 aromatic carbocycles. The first kappa shape index (κ1) is 19.7. The van der Waals surface area contributed by atoms with E-state index in [0.29, 0.717) is 18.5 Å². The van der Waals surface area contributed by atoms with Gasteiger partial charge in [-0.25, -0.2) is 4.79 Å². The molecule has 0 bridgehead atoms. The van der Waals surface area contributed by atoms with Crippen molar-refractivity contribution in [3.63, 3.8) is 0 Å². The molecule has 0 radical (unpaired) electrons. The molecule has 0 unspecified atom stereocenters. The van der Waals surface area contributed by atoms with E-state index in [1.807, 2.05) is 28.8 Å². The molecule has 0 spiro atoms. The Balaban J connectivity index is 1.84. The van der Waals surface area contributed by atoms with Crippen molar-refractivity contribution in [3.8, 4) is 6.07 Å². The second kappa shape index (κ2) is 7.31. The Labute approximate surface area is 175 Å². The number of hydrogen-bond acceptors (Lipinski definition) is 5. The van der Waals surface area contributed by atoms with E-state index in [9.17, 15) is 14.4 Å². The molecule has 0 aliphatic rings. The number of benzene rings is 1. The summed E-state index contributed by atoms with van der Waals surface area (Å²) in [5, 5.41) is 9.60. The van der Waals surface area contributed by atoms with Gasteiger partial charge in [0.15, 0.2) is 16.9 Å². The molecule has 4 rings (SSSR count). The van der Waals surface area contributed by atoms with Gasteiger partial charge >= 0.3 is 5.69 Å². The van der Waals surface area contributed by atoms with E-state index in [0.717, 1.165) is 15.5 Å². The quantitative estimate of drug-likeness (QED) is 0.359. The lowest BCUT2D eigenvalue weighted by Crippen LogP contribution is -2.37. The highest BCUT2D eigenvalue weighted by Crippen LogP contribution is 2.24. The third kappa shape index (κ3) is 2.93. The maximum absolute atomic E-state index is 13.2. The van der Waals surface area contributed by atoms with Crippen LogP contribution in [0.1, 0.15) is 16.8 Å². The average molecular weight is 425 g/mol. The predicted octanol–water partition coefficient (Wildman–Crippen LogP) is 1.84. The maximum Gasteiger partial charge on any atom is 0.332 e. The number of aromatic nitrogens is 5. The first-order valence-corrected chi connectivity index (χ1v) is 9.52. The van der Waals surface area contributed by atoms with Gasteiger partial charge < -0.3 is 9.13 Å². The van der Waals surface area contributed by atoms with Crippen LogP contribution in [0.4, 0.5) is 0 Å². The van der Waals surface area contributed by atoms with Crippen LogP contribution in [-0.2, 0) is 27.2 Å². The molecule has 0 aliphatic carbocycles. The van der Waals surface area contributed by atoms with E-state index < -0.39 is 11.2 Å². The zero-order valence-electron chi connectivity index (χ0n) is 16.3. The molecule has 0 fully saturated rings. The zero-order chi connectivity index (χ0) is 21.6. The van der Waals surface area contributed by atoms with E-state index in [4.69, 9.17) is 16.9 Å². The molecule has 152 valence electrons. The van der Waals surface area contributed by atoms with Crippen LogP contribution in [0.25, 0.3) is 22.1 Å². The first-order chi connectivity index (χ1) is 14.3. The molecular formula is C20H17ClN6O3. The summed E-state index contributed by atoms with van der Waals surface area (Å²) < 4.78 is 5.36. The number of fused-ring (bicyclic) bond motifs is 2. The minimum absolute atomic E-state index is 0.0510. The predicted molar refractivity (Wildman–Crippen MR) is 112 cm³/mol. The van der Waals surface area contributed by atoms with Crippen LogP contribution in [0.2, 0.25) is 5.28 Å². The Morgan fingerprint density at radius 3 is 2.67 bits per heavy atom. The Kier molecular flexibility index (Phi) is 4.79. The fraction of sp³-hybridized carbons (Fsp3) is 0.250. The van der Waals surface area contributed by atoms with E-state index in [2.05, 4.69) is 11.1 Å². The molecule has 3 heterocycles. The van der Waals surface area contributed by atoms with E-state index in [1.54, 1.807) is 6.20 Å². The fourth-order valence-electron chi connectivity index (χ4n) is 3.62. The number of halogens is 1. The molecule has 10 heteroatoms. The SMILES string of the molecule is Cn1c(=O)c2c(nc(Cl)n2CC(=O)c2cn(CCC#N)c3ccccc23)n(C)c1=O. The molecule has 0 amide bonds. The van der Waals surface area contributed by atoms with Crippen LogP contribution in [0, 0.1) is 11.3 Å². The van der Waals surface area contributed by atoms with E-state index >= 15 is 0 Å². The average Bonchev–Trinajstić information content (AvgIpc) is 3.27. The summed E-state index contributed by atoms with van der Waals surface area (Å²) in [6.45, 7) is 0.247. The number of imidazole rings is 1. The van der Waals surface area contributed by atoms with Gasteiger partial charge in [-0.3, -0.25) is 18.7 Å². The Morgan fingerprint density at radius 2 is 1.93 bits per heavy atom. The number of ketones is 1. The Bertz CT molecular complexity index is 1480. The molecular weight excluding hydrogens is 408 g/mol. The Hall–Kier alpha value is -3.64. The van der Waals surface area contributed by atoms with Crippen molar-refractivity contribution in [1.29, 1.82) is 5.26 Å². The second-order valence-electron chi connectivity index (χ2n) is 6.93. The number of carbonyl (C=O) groups excluding carboxylic acids is 1. The second-order valence-corrected chi connectivity index (χ2v) is 7.27. The van der Waals surface area contributed by atoms with Gasteiger partial charge in [0.25, 0.3) is 5.56 Å². The first-order valence-electron chi connectivity index (χ1n) is 9.15. The van der Waals surface area contributed by atoms with Crippen LogP contribution in [-0.4, -0.2) is 29.0 Å². The van der Waals surface area contributed by atoms with Gasteiger partial charge in [0.2, 0.25) is 5.28 Å². The van der Waals surface area contributed by atoms with Crippen molar-refractivity contribution in [2.24, 2.45) is 14.1 Å². The van der Waals surface area contributed by atoms with Crippen molar-refractivity contribution in [3.05, 3.63) is 62.1 Å². The molecule has 0 aliphatic heterocycles. The minimum Gasteiger partial charge on any atom is -0.346 e. The van der Waals surface area contributed by atoms with Gasteiger partial charge in [-0.15, -0.1) is 0 Å².